The van der Waals surface area contributed by atoms with Gasteiger partial charge >= 0.3 is 0 Å². The second-order valence-corrected chi connectivity index (χ2v) is 11.8. The van der Waals surface area contributed by atoms with Crippen molar-refractivity contribution in [1.82, 2.24) is 0 Å². The Hall–Kier alpha value is -6.63. The summed E-state index contributed by atoms with van der Waals surface area (Å²) in [6.07, 6.45) is 4.50. The summed E-state index contributed by atoms with van der Waals surface area (Å²) in [5.74, 6) is 1.70. The molecule has 0 saturated carbocycles. The van der Waals surface area contributed by atoms with Gasteiger partial charge in [0, 0.05) is 23.3 Å². The minimum atomic E-state index is -0.260. The van der Waals surface area contributed by atoms with Crippen molar-refractivity contribution in [3.8, 4) is 28.7 Å². The number of benzene rings is 3. The van der Waals surface area contributed by atoms with Gasteiger partial charge in [-0.15, -0.1) is 0 Å². The number of ketones is 1. The average molecular weight is 743 g/mol. The molecule has 0 fully saturated rings. The van der Waals surface area contributed by atoms with Crippen molar-refractivity contribution in [2.75, 3.05) is 21.3 Å². The summed E-state index contributed by atoms with van der Waals surface area (Å²) in [6, 6.07) is 7.96. The van der Waals surface area contributed by atoms with E-state index in [1.165, 1.54) is 52.9 Å². The number of hydrogen-bond acceptors (Lipinski definition) is 13. The van der Waals surface area contributed by atoms with E-state index in [-0.39, 0.29) is 65.1 Å². The Morgan fingerprint density at radius 1 is 0.574 bits per heavy atom. The van der Waals surface area contributed by atoms with Crippen LogP contribution in [0.1, 0.15) is 54.8 Å². The number of carbonyl (C=O) groups is 1. The van der Waals surface area contributed by atoms with Gasteiger partial charge in [0.1, 0.15) is 67.6 Å². The number of rotatable bonds is 4. The van der Waals surface area contributed by atoms with E-state index in [1.54, 1.807) is 45.2 Å². The maximum atomic E-state index is 12.1. The van der Waals surface area contributed by atoms with Crippen LogP contribution >= 0.6 is 0 Å². The molecule has 0 unspecified atom stereocenters. The summed E-state index contributed by atoms with van der Waals surface area (Å²) >= 11 is 0. The second-order valence-electron chi connectivity index (χ2n) is 11.8. The summed E-state index contributed by atoms with van der Waals surface area (Å²) < 4.78 is 42.7. The highest BCUT2D eigenvalue weighted by Crippen LogP contribution is 2.42. The van der Waals surface area contributed by atoms with Crippen molar-refractivity contribution in [3.05, 3.63) is 97.8 Å². The Bertz CT molecular complexity index is 2650. The van der Waals surface area contributed by atoms with Crippen LogP contribution in [0, 0.1) is 27.7 Å². The van der Waals surface area contributed by atoms with E-state index in [1.807, 2.05) is 6.92 Å². The van der Waals surface area contributed by atoms with Crippen molar-refractivity contribution >= 4 is 60.6 Å². The summed E-state index contributed by atoms with van der Waals surface area (Å²) in [5, 5.41) is 22.7. The number of methoxy groups -OCH3 is 3. The van der Waals surface area contributed by atoms with Crippen LogP contribution in [0.5, 0.6) is 28.7 Å². The lowest BCUT2D eigenvalue weighted by molar-refractivity contribution is 0.101. The topological polar surface area (TPSA) is 185 Å². The van der Waals surface area contributed by atoms with Crippen molar-refractivity contribution < 1.29 is 51.3 Å². The summed E-state index contributed by atoms with van der Waals surface area (Å²) in [4.78, 5) is 35.6. The van der Waals surface area contributed by atoms with Gasteiger partial charge in [-0.2, -0.15) is 0 Å². The molecule has 0 radical (unpaired) electrons. The quantitative estimate of drug-likeness (QED) is 0.163. The number of aromatic hydroxyl groups is 2. The molecule has 2 N–H and O–H groups in total. The number of aryl methyl sites for hydroxylation is 4. The van der Waals surface area contributed by atoms with E-state index in [9.17, 15) is 24.6 Å². The first-order valence-electron chi connectivity index (χ1n) is 15.8. The third kappa shape index (κ3) is 6.48. The second kappa shape index (κ2) is 15.5. The van der Waals surface area contributed by atoms with E-state index in [0.717, 1.165) is 10.9 Å². The molecule has 8 rings (SSSR count). The van der Waals surface area contributed by atoms with Gasteiger partial charge in [-0.25, -0.2) is 0 Å². The number of phenolic OH excluding ortho intramolecular Hbond substituents is 2. The highest BCUT2D eigenvalue weighted by atomic mass is 16.5. The lowest BCUT2D eigenvalue weighted by atomic mass is 10.0. The van der Waals surface area contributed by atoms with Crippen molar-refractivity contribution in [1.29, 1.82) is 0 Å². The molecule has 0 spiro atoms. The number of furan rings is 3. The van der Waals surface area contributed by atoms with Crippen LogP contribution in [0.3, 0.4) is 0 Å². The van der Waals surface area contributed by atoms with Gasteiger partial charge < -0.3 is 46.5 Å². The highest BCUT2D eigenvalue weighted by Gasteiger charge is 2.23. The van der Waals surface area contributed by atoms with Gasteiger partial charge in [-0.1, -0.05) is 14.9 Å². The Morgan fingerprint density at radius 2 is 0.981 bits per heavy atom. The molecule has 13 heteroatoms. The van der Waals surface area contributed by atoms with E-state index >= 15 is 0 Å². The number of hydrogen-bond donors (Lipinski definition) is 2. The molecule has 0 aliphatic heterocycles. The molecule has 0 amide bonds. The normalized spacial score (nSPS) is 10.7. The molecule has 5 heterocycles. The Kier molecular flexibility index (Phi) is 11.6. The minimum Gasteiger partial charge on any atom is -0.507 e. The Balaban J connectivity index is 0.000000178. The fraction of sp³-hybridized carbons (Fsp3) is 0.244. The number of fused-ring (bicyclic) bond motifs is 5. The third-order valence-electron chi connectivity index (χ3n) is 8.56. The fourth-order valence-electron chi connectivity index (χ4n) is 6.28. The molecular formula is C41H42O13. The van der Waals surface area contributed by atoms with Crippen LogP contribution < -0.4 is 25.1 Å². The summed E-state index contributed by atoms with van der Waals surface area (Å²) in [5.41, 5.74) is 3.28. The SMILES string of the molecule is C.C.COc1c(C(C)=O)c(O)c(C)c2occc12.COc1c2ccoc2c(C)c2oc(C)cc(=O)c12.COc1c2ccoc2c(O)c2oc(C)cc(=O)c12. The van der Waals surface area contributed by atoms with Gasteiger partial charge in [0.05, 0.1) is 56.3 Å². The molecule has 5 aromatic heterocycles. The molecule has 0 saturated heterocycles. The zero-order valence-electron chi connectivity index (χ0n) is 29.5. The van der Waals surface area contributed by atoms with Crippen LogP contribution in [0.15, 0.2) is 80.8 Å². The van der Waals surface area contributed by atoms with Crippen LogP contribution in [-0.4, -0.2) is 37.3 Å². The van der Waals surface area contributed by atoms with Crippen LogP contribution in [0.25, 0.3) is 54.8 Å². The molecule has 284 valence electrons. The van der Waals surface area contributed by atoms with E-state index in [2.05, 4.69) is 0 Å². The van der Waals surface area contributed by atoms with Crippen molar-refractivity contribution in [3.63, 3.8) is 0 Å². The monoisotopic (exact) mass is 742 g/mol. The Labute approximate surface area is 308 Å². The average Bonchev–Trinajstić information content (AvgIpc) is 3.90. The van der Waals surface area contributed by atoms with Crippen molar-refractivity contribution in [2.24, 2.45) is 0 Å². The van der Waals surface area contributed by atoms with Crippen LogP contribution in [0.2, 0.25) is 0 Å². The number of phenols is 2. The highest BCUT2D eigenvalue weighted by molar-refractivity contribution is 6.08. The van der Waals surface area contributed by atoms with Crippen molar-refractivity contribution in [2.45, 2.75) is 49.5 Å². The number of ether oxygens (including phenoxy) is 3. The van der Waals surface area contributed by atoms with Gasteiger partial charge in [0.15, 0.2) is 27.8 Å². The molecule has 8 aromatic rings. The number of carbonyl (C=O) groups excluding carboxylic acids is 1. The lowest BCUT2D eigenvalue weighted by Crippen LogP contribution is -2.04. The molecule has 0 atom stereocenters. The molecule has 13 nitrogen and oxygen atoms in total. The van der Waals surface area contributed by atoms with Gasteiger partial charge in [-0.05, 0) is 52.8 Å². The molecular weight excluding hydrogens is 700 g/mol. The predicted octanol–water partition coefficient (Wildman–Crippen LogP) is 9.66. The molecule has 0 bridgehead atoms. The smallest absolute Gasteiger partial charge is 0.203 e. The van der Waals surface area contributed by atoms with E-state index in [0.29, 0.717) is 67.2 Å². The summed E-state index contributed by atoms with van der Waals surface area (Å²) in [7, 11) is 4.45. The zero-order chi connectivity index (χ0) is 37.6. The van der Waals surface area contributed by atoms with Crippen LogP contribution in [-0.2, 0) is 0 Å². The fourth-order valence-corrected chi connectivity index (χ4v) is 6.28. The van der Waals surface area contributed by atoms with E-state index in [4.69, 9.17) is 36.3 Å². The van der Waals surface area contributed by atoms with Gasteiger partial charge in [-0.3, -0.25) is 14.4 Å². The van der Waals surface area contributed by atoms with Gasteiger partial charge in [0.2, 0.25) is 5.75 Å². The maximum absolute atomic E-state index is 12.1. The third-order valence-corrected chi connectivity index (χ3v) is 8.56. The first-order chi connectivity index (χ1) is 24.8. The lowest BCUT2D eigenvalue weighted by Gasteiger charge is -2.11. The minimum absolute atomic E-state index is 0. The summed E-state index contributed by atoms with van der Waals surface area (Å²) in [6.45, 7) is 8.35. The van der Waals surface area contributed by atoms with E-state index < -0.39 is 0 Å². The van der Waals surface area contributed by atoms with Gasteiger partial charge in [0.25, 0.3) is 0 Å². The standard InChI is InChI=1S/C14H12O4.C13H10O5.C12H12O4.2CH4/c1-7-6-10(15)11-13(18-7)8(2)12-9(4-5-17-12)14(11)16-3;1-6-5-8(14)9-11(16-2)7-3-4-17-12(7)10(15)13(9)18-6;1-6-10(14)9(7(2)13)12(15-3)8-4-5-16-11(6)8;;/h4-6H,1-3H3;3-5,15H,1-2H3;4-5,14H,1-3H3;2*1H4. The molecule has 0 aliphatic carbocycles. The molecule has 3 aromatic carbocycles. The molecule has 0 aliphatic rings. The maximum Gasteiger partial charge on any atom is 0.203 e. The zero-order valence-corrected chi connectivity index (χ0v) is 29.5. The first-order valence-corrected chi connectivity index (χ1v) is 15.8. The van der Waals surface area contributed by atoms with Crippen LogP contribution in [0.4, 0.5) is 0 Å². The first kappa shape index (κ1) is 40.1. The molecule has 54 heavy (non-hydrogen) atoms. The largest absolute Gasteiger partial charge is 0.507 e. The Morgan fingerprint density at radius 3 is 1.46 bits per heavy atom. The number of Topliss-reactive ketones (excluding diaryl/α,β-unsaturated/α-hetero) is 1. The predicted molar refractivity (Wildman–Crippen MR) is 206 cm³/mol.